The van der Waals surface area contributed by atoms with E-state index in [1.165, 1.54) is 25.7 Å². The minimum absolute atomic E-state index is 0.806. The lowest BCUT2D eigenvalue weighted by atomic mass is 10.3. The van der Waals surface area contributed by atoms with E-state index in [9.17, 15) is 0 Å². The van der Waals surface area contributed by atoms with Crippen LogP contribution in [0.3, 0.4) is 0 Å². The molecule has 0 aliphatic heterocycles. The molecule has 0 bridgehead atoms. The zero-order chi connectivity index (χ0) is 13.1. The summed E-state index contributed by atoms with van der Waals surface area (Å²) in [4.78, 5) is 0. The Morgan fingerprint density at radius 2 is 1.59 bits per heavy atom. The van der Waals surface area contributed by atoms with Crippen LogP contribution in [0.1, 0.15) is 60.3 Å². The second-order valence-corrected chi connectivity index (χ2v) is 8.75. The molecule has 3 heteroatoms. The molecule has 0 aliphatic rings. The van der Waals surface area contributed by atoms with Crippen LogP contribution in [-0.2, 0) is 4.43 Å². The average Bonchev–Trinajstić information content (AvgIpc) is 2.36. The quantitative estimate of drug-likeness (QED) is 0.451. The summed E-state index contributed by atoms with van der Waals surface area (Å²) in [6, 6.07) is 0. The first-order chi connectivity index (χ1) is 8.17. The third-order valence-corrected chi connectivity index (χ3v) is 7.51. The first kappa shape index (κ1) is 17.1. The normalized spacial score (nSPS) is 16.8. The van der Waals surface area contributed by atoms with Crippen molar-refractivity contribution in [3.8, 4) is 0 Å². The molecule has 0 aliphatic carbocycles. The smallest absolute Gasteiger partial charge is 0.182 e. The molecule has 1 N–H and O–H groups in total. The summed E-state index contributed by atoms with van der Waals surface area (Å²) < 4.78 is 6.20. The number of rotatable bonds is 11. The third kappa shape index (κ3) is 7.95. The van der Waals surface area contributed by atoms with E-state index in [1.807, 2.05) is 0 Å². The van der Waals surface area contributed by atoms with Gasteiger partial charge in [-0.05, 0) is 24.0 Å². The van der Waals surface area contributed by atoms with Crippen LogP contribution in [0, 0.1) is 0 Å². The minimum Gasteiger partial charge on any atom is -0.418 e. The van der Waals surface area contributed by atoms with Gasteiger partial charge in [0.1, 0.15) is 0 Å². The Bertz CT molecular complexity index is 156. The van der Waals surface area contributed by atoms with Gasteiger partial charge in [-0.15, -0.1) is 0 Å². The molecule has 104 valence electrons. The predicted molar refractivity (Wildman–Crippen MR) is 80.3 cm³/mol. The van der Waals surface area contributed by atoms with E-state index in [-0.39, 0.29) is 0 Å². The van der Waals surface area contributed by atoms with Gasteiger partial charge in [0.25, 0.3) is 0 Å². The van der Waals surface area contributed by atoms with Crippen molar-refractivity contribution < 1.29 is 4.43 Å². The third-order valence-electron chi connectivity index (χ3n) is 3.71. The maximum atomic E-state index is 6.20. The Hall–Kier alpha value is 0.137. The predicted octanol–water partition coefficient (Wildman–Crippen LogP) is 3.72. The number of nitrogens with one attached hydrogen (secondary N) is 1. The zero-order valence-corrected chi connectivity index (χ0v) is 13.7. The molecule has 0 fully saturated rings. The van der Waals surface area contributed by atoms with Crippen molar-refractivity contribution in [1.82, 2.24) is 5.32 Å². The maximum absolute atomic E-state index is 6.20. The van der Waals surface area contributed by atoms with E-state index in [2.05, 4.69) is 39.9 Å². The van der Waals surface area contributed by atoms with Crippen LogP contribution in [-0.4, -0.2) is 28.7 Å². The minimum atomic E-state index is -1.02. The van der Waals surface area contributed by atoms with Gasteiger partial charge in [0.2, 0.25) is 0 Å². The fraction of sp³-hybridized carbons (Fsp3) is 1.00. The summed E-state index contributed by atoms with van der Waals surface area (Å²) in [5, 5.41) is 3.45. The molecule has 2 nitrogen and oxygen atoms in total. The van der Waals surface area contributed by atoms with Gasteiger partial charge in [-0.1, -0.05) is 53.9 Å². The van der Waals surface area contributed by atoms with Crippen LogP contribution in [0.4, 0.5) is 0 Å². The van der Waals surface area contributed by atoms with Crippen LogP contribution in [0.2, 0.25) is 11.1 Å². The highest BCUT2D eigenvalue weighted by molar-refractivity contribution is 6.55. The molecule has 0 rings (SSSR count). The van der Waals surface area contributed by atoms with Gasteiger partial charge >= 0.3 is 0 Å². The molecule has 0 heterocycles. The van der Waals surface area contributed by atoms with Gasteiger partial charge in [0.05, 0.1) is 0 Å². The van der Waals surface area contributed by atoms with Crippen molar-refractivity contribution in [3.05, 3.63) is 0 Å². The Balaban J connectivity index is 3.76. The van der Waals surface area contributed by atoms with Gasteiger partial charge in [0.15, 0.2) is 9.04 Å². The Labute approximate surface area is 110 Å². The highest BCUT2D eigenvalue weighted by atomic mass is 28.3. The van der Waals surface area contributed by atoms with Crippen molar-refractivity contribution in [2.24, 2.45) is 0 Å². The number of hydrogen-bond acceptors (Lipinski definition) is 2. The Morgan fingerprint density at radius 1 is 1.00 bits per heavy atom. The van der Waals surface area contributed by atoms with E-state index in [1.54, 1.807) is 0 Å². The molecule has 17 heavy (non-hydrogen) atoms. The van der Waals surface area contributed by atoms with Gasteiger partial charge in [-0.3, -0.25) is 0 Å². The molecule has 0 aromatic rings. The SMILES string of the molecule is CCCCNCCO[SiH](C(C)CC)C(C)CC. The molecular formula is C14H33NOSi. The van der Waals surface area contributed by atoms with E-state index in [0.29, 0.717) is 0 Å². The van der Waals surface area contributed by atoms with Crippen molar-refractivity contribution >= 4 is 9.04 Å². The molecular weight excluding hydrogens is 226 g/mol. The number of hydrogen-bond donors (Lipinski definition) is 1. The Morgan fingerprint density at radius 3 is 2.06 bits per heavy atom. The first-order valence-electron chi connectivity index (χ1n) is 7.49. The molecule has 2 atom stereocenters. The van der Waals surface area contributed by atoms with Crippen LogP contribution in [0.25, 0.3) is 0 Å². The van der Waals surface area contributed by atoms with Gasteiger partial charge in [0, 0.05) is 13.2 Å². The van der Waals surface area contributed by atoms with Gasteiger partial charge < -0.3 is 9.74 Å². The molecule has 0 radical (unpaired) electrons. The lowest BCUT2D eigenvalue weighted by molar-refractivity contribution is 0.300. The molecule has 2 unspecified atom stereocenters. The highest BCUT2D eigenvalue weighted by Gasteiger charge is 2.24. The standard InChI is InChI=1S/C14H33NOSi/c1-6-9-10-15-11-12-16-17(13(4)7-2)14(5)8-3/h13-15,17H,6-12H2,1-5H3. The summed E-state index contributed by atoms with van der Waals surface area (Å²) in [6.45, 7) is 14.6. The highest BCUT2D eigenvalue weighted by Crippen LogP contribution is 2.26. The van der Waals surface area contributed by atoms with E-state index < -0.39 is 9.04 Å². The van der Waals surface area contributed by atoms with Crippen molar-refractivity contribution in [2.75, 3.05) is 19.7 Å². The van der Waals surface area contributed by atoms with Crippen LogP contribution < -0.4 is 5.32 Å². The summed E-state index contributed by atoms with van der Waals surface area (Å²) in [5.74, 6) is 0. The van der Waals surface area contributed by atoms with Gasteiger partial charge in [-0.25, -0.2) is 0 Å². The fourth-order valence-corrected chi connectivity index (χ4v) is 5.15. The zero-order valence-electron chi connectivity index (χ0n) is 12.6. The lowest BCUT2D eigenvalue weighted by Crippen LogP contribution is -2.31. The molecule has 0 spiro atoms. The Kier molecular flexibility index (Phi) is 11.3. The van der Waals surface area contributed by atoms with Crippen LogP contribution in [0.5, 0.6) is 0 Å². The van der Waals surface area contributed by atoms with E-state index in [4.69, 9.17) is 4.43 Å². The van der Waals surface area contributed by atoms with Crippen molar-refractivity contribution in [1.29, 1.82) is 0 Å². The molecule has 0 aromatic heterocycles. The molecule has 0 amide bonds. The molecule has 0 aromatic carbocycles. The van der Waals surface area contributed by atoms with E-state index >= 15 is 0 Å². The topological polar surface area (TPSA) is 21.3 Å². The fourth-order valence-electron chi connectivity index (χ4n) is 2.05. The second-order valence-electron chi connectivity index (χ2n) is 5.21. The molecule has 0 saturated heterocycles. The van der Waals surface area contributed by atoms with E-state index in [0.717, 1.165) is 30.8 Å². The summed E-state index contributed by atoms with van der Waals surface area (Å²) >= 11 is 0. The van der Waals surface area contributed by atoms with Crippen LogP contribution >= 0.6 is 0 Å². The van der Waals surface area contributed by atoms with Crippen molar-refractivity contribution in [3.63, 3.8) is 0 Å². The maximum Gasteiger partial charge on any atom is 0.182 e. The van der Waals surface area contributed by atoms with Gasteiger partial charge in [-0.2, -0.15) is 0 Å². The lowest BCUT2D eigenvalue weighted by Gasteiger charge is -2.26. The average molecular weight is 260 g/mol. The van der Waals surface area contributed by atoms with Crippen molar-refractivity contribution in [2.45, 2.75) is 71.4 Å². The summed E-state index contributed by atoms with van der Waals surface area (Å²) in [6.07, 6.45) is 5.08. The van der Waals surface area contributed by atoms with Crippen LogP contribution in [0.15, 0.2) is 0 Å². The number of unbranched alkanes of at least 4 members (excludes halogenated alkanes) is 1. The largest absolute Gasteiger partial charge is 0.418 e. The summed E-state index contributed by atoms with van der Waals surface area (Å²) in [5.41, 5.74) is 1.61. The molecule has 0 saturated carbocycles. The summed E-state index contributed by atoms with van der Waals surface area (Å²) in [7, 11) is -1.02. The first-order valence-corrected chi connectivity index (χ1v) is 9.30. The monoisotopic (exact) mass is 259 g/mol. The second kappa shape index (κ2) is 11.2.